The SMILES string of the molecule is CCCNC(CCOCC(F)(F)F)c1cccc(C)c1C. The third-order valence-electron chi connectivity index (χ3n) is 3.48. The Hall–Kier alpha value is -1.07. The number of hydrogen-bond acceptors (Lipinski definition) is 2. The monoisotopic (exact) mass is 303 g/mol. The number of benzene rings is 1. The third kappa shape index (κ3) is 6.48. The van der Waals surface area contributed by atoms with Crippen LogP contribution in [0.4, 0.5) is 13.2 Å². The summed E-state index contributed by atoms with van der Waals surface area (Å²) >= 11 is 0. The number of hydrogen-bond donors (Lipinski definition) is 1. The standard InChI is InChI=1S/C16H24F3NO/c1-4-9-20-15(8-10-21-11-16(17,18)19)14-7-5-6-12(2)13(14)3/h5-7,15,20H,4,8-11H2,1-3H3. The van der Waals surface area contributed by atoms with Crippen LogP contribution >= 0.6 is 0 Å². The van der Waals surface area contributed by atoms with Crippen LogP contribution in [0.15, 0.2) is 18.2 Å². The van der Waals surface area contributed by atoms with Crippen LogP contribution in [0.2, 0.25) is 0 Å². The molecule has 1 aromatic carbocycles. The van der Waals surface area contributed by atoms with E-state index < -0.39 is 12.8 Å². The first-order chi connectivity index (χ1) is 9.85. The number of nitrogens with one attached hydrogen (secondary N) is 1. The average molecular weight is 303 g/mol. The van der Waals surface area contributed by atoms with Gasteiger partial charge in [0.25, 0.3) is 0 Å². The molecule has 2 nitrogen and oxygen atoms in total. The van der Waals surface area contributed by atoms with E-state index in [1.807, 2.05) is 32.0 Å². The molecule has 1 unspecified atom stereocenters. The zero-order valence-corrected chi connectivity index (χ0v) is 12.9. The van der Waals surface area contributed by atoms with Crippen LogP contribution in [-0.4, -0.2) is 25.9 Å². The molecule has 120 valence electrons. The lowest BCUT2D eigenvalue weighted by atomic mass is 9.95. The van der Waals surface area contributed by atoms with Gasteiger partial charge in [0.2, 0.25) is 0 Å². The van der Waals surface area contributed by atoms with Gasteiger partial charge in [-0.05, 0) is 49.9 Å². The lowest BCUT2D eigenvalue weighted by molar-refractivity contribution is -0.174. The topological polar surface area (TPSA) is 21.3 Å². The maximum absolute atomic E-state index is 12.1. The number of rotatable bonds is 8. The molecule has 0 aliphatic heterocycles. The molecule has 1 aromatic rings. The molecule has 0 aliphatic rings. The van der Waals surface area contributed by atoms with E-state index in [1.54, 1.807) is 0 Å². The van der Waals surface area contributed by atoms with E-state index in [1.165, 1.54) is 11.1 Å². The second kappa shape index (κ2) is 8.39. The first-order valence-corrected chi connectivity index (χ1v) is 7.29. The van der Waals surface area contributed by atoms with Crippen LogP contribution in [-0.2, 0) is 4.74 Å². The van der Waals surface area contributed by atoms with Crippen LogP contribution in [0.5, 0.6) is 0 Å². The predicted molar refractivity (Wildman–Crippen MR) is 78.4 cm³/mol. The number of alkyl halides is 3. The molecular weight excluding hydrogens is 279 g/mol. The molecule has 1 atom stereocenters. The Morgan fingerprint density at radius 2 is 1.95 bits per heavy atom. The number of halogens is 3. The van der Waals surface area contributed by atoms with Crippen molar-refractivity contribution in [3.8, 4) is 0 Å². The first kappa shape index (κ1) is 18.0. The molecule has 5 heteroatoms. The minimum Gasteiger partial charge on any atom is -0.372 e. The van der Waals surface area contributed by atoms with Crippen molar-refractivity contribution in [1.29, 1.82) is 0 Å². The third-order valence-corrected chi connectivity index (χ3v) is 3.48. The predicted octanol–water partition coefficient (Wildman–Crippen LogP) is 4.31. The summed E-state index contributed by atoms with van der Waals surface area (Å²) in [6, 6.07) is 6.07. The average Bonchev–Trinajstić information content (AvgIpc) is 2.40. The zero-order valence-electron chi connectivity index (χ0n) is 12.9. The first-order valence-electron chi connectivity index (χ1n) is 7.29. The van der Waals surface area contributed by atoms with Gasteiger partial charge in [0.1, 0.15) is 6.61 Å². The molecule has 1 N–H and O–H groups in total. The summed E-state index contributed by atoms with van der Waals surface area (Å²) in [5.41, 5.74) is 3.51. The highest BCUT2D eigenvalue weighted by molar-refractivity contribution is 5.35. The largest absolute Gasteiger partial charge is 0.411 e. The summed E-state index contributed by atoms with van der Waals surface area (Å²) < 4.78 is 41.0. The molecule has 0 amide bonds. The molecule has 0 aromatic heterocycles. The molecule has 21 heavy (non-hydrogen) atoms. The molecule has 0 saturated carbocycles. The molecule has 0 radical (unpaired) electrons. The fraction of sp³-hybridized carbons (Fsp3) is 0.625. The Balaban J connectivity index is 2.65. The Morgan fingerprint density at radius 3 is 2.57 bits per heavy atom. The van der Waals surface area contributed by atoms with E-state index >= 15 is 0 Å². The van der Waals surface area contributed by atoms with Gasteiger partial charge in [0.05, 0.1) is 0 Å². The highest BCUT2D eigenvalue weighted by atomic mass is 19.4. The fourth-order valence-electron chi connectivity index (χ4n) is 2.23. The summed E-state index contributed by atoms with van der Waals surface area (Å²) in [6.45, 7) is 5.89. The molecule has 0 heterocycles. The van der Waals surface area contributed by atoms with Crippen LogP contribution in [0, 0.1) is 13.8 Å². The van der Waals surface area contributed by atoms with Crippen molar-refractivity contribution in [2.75, 3.05) is 19.8 Å². The van der Waals surface area contributed by atoms with Gasteiger partial charge < -0.3 is 10.1 Å². The van der Waals surface area contributed by atoms with Crippen LogP contribution in [0.3, 0.4) is 0 Å². The molecule has 0 aliphatic carbocycles. The van der Waals surface area contributed by atoms with Crippen molar-refractivity contribution in [2.45, 2.75) is 45.8 Å². The van der Waals surface area contributed by atoms with Gasteiger partial charge in [-0.15, -0.1) is 0 Å². The molecule has 0 bridgehead atoms. The summed E-state index contributed by atoms with van der Waals surface area (Å²) in [5, 5.41) is 3.39. The minimum absolute atomic E-state index is 0.0260. The lowest BCUT2D eigenvalue weighted by Gasteiger charge is -2.22. The second-order valence-electron chi connectivity index (χ2n) is 5.25. The highest BCUT2D eigenvalue weighted by Crippen LogP contribution is 2.23. The van der Waals surface area contributed by atoms with Crippen molar-refractivity contribution in [2.24, 2.45) is 0 Å². The van der Waals surface area contributed by atoms with Crippen molar-refractivity contribution in [3.05, 3.63) is 34.9 Å². The van der Waals surface area contributed by atoms with E-state index in [9.17, 15) is 13.2 Å². The summed E-state index contributed by atoms with van der Waals surface area (Å²) in [4.78, 5) is 0. The Morgan fingerprint density at radius 1 is 1.24 bits per heavy atom. The van der Waals surface area contributed by atoms with Gasteiger partial charge in [-0.25, -0.2) is 0 Å². The molecular formula is C16H24F3NO. The molecule has 0 spiro atoms. The quantitative estimate of drug-likeness (QED) is 0.722. The van der Waals surface area contributed by atoms with Crippen LogP contribution < -0.4 is 5.32 Å². The maximum atomic E-state index is 12.1. The van der Waals surface area contributed by atoms with Gasteiger partial charge in [-0.1, -0.05) is 25.1 Å². The molecule has 1 rings (SSSR count). The van der Waals surface area contributed by atoms with E-state index in [4.69, 9.17) is 4.74 Å². The Labute approximate surface area is 124 Å². The summed E-state index contributed by atoms with van der Waals surface area (Å²) in [5.74, 6) is 0. The van der Waals surface area contributed by atoms with Gasteiger partial charge >= 0.3 is 6.18 Å². The molecule has 0 fully saturated rings. The molecule has 0 saturated heterocycles. The van der Waals surface area contributed by atoms with E-state index in [0.717, 1.165) is 18.5 Å². The number of ether oxygens (including phenoxy) is 1. The van der Waals surface area contributed by atoms with Gasteiger partial charge in [-0.2, -0.15) is 13.2 Å². The van der Waals surface area contributed by atoms with Crippen molar-refractivity contribution in [3.63, 3.8) is 0 Å². The van der Waals surface area contributed by atoms with Gasteiger partial charge in [-0.3, -0.25) is 0 Å². The van der Waals surface area contributed by atoms with Crippen molar-refractivity contribution >= 4 is 0 Å². The normalized spacial score (nSPS) is 13.4. The van der Waals surface area contributed by atoms with E-state index in [2.05, 4.69) is 12.2 Å². The lowest BCUT2D eigenvalue weighted by Crippen LogP contribution is -2.25. The summed E-state index contributed by atoms with van der Waals surface area (Å²) in [6.07, 6.45) is -2.75. The minimum atomic E-state index is -4.26. The fourth-order valence-corrected chi connectivity index (χ4v) is 2.23. The second-order valence-corrected chi connectivity index (χ2v) is 5.25. The number of aryl methyl sites for hydroxylation is 1. The zero-order chi connectivity index (χ0) is 15.9. The van der Waals surface area contributed by atoms with Crippen LogP contribution in [0.25, 0.3) is 0 Å². The van der Waals surface area contributed by atoms with E-state index in [0.29, 0.717) is 6.42 Å². The van der Waals surface area contributed by atoms with E-state index in [-0.39, 0.29) is 12.6 Å². The Kier molecular flexibility index (Phi) is 7.18. The van der Waals surface area contributed by atoms with Gasteiger partial charge in [0, 0.05) is 12.6 Å². The smallest absolute Gasteiger partial charge is 0.372 e. The van der Waals surface area contributed by atoms with Crippen LogP contribution in [0.1, 0.15) is 42.5 Å². The Bertz CT molecular complexity index is 432. The van der Waals surface area contributed by atoms with Crippen molar-refractivity contribution in [1.82, 2.24) is 5.32 Å². The van der Waals surface area contributed by atoms with Crippen molar-refractivity contribution < 1.29 is 17.9 Å². The maximum Gasteiger partial charge on any atom is 0.411 e. The highest BCUT2D eigenvalue weighted by Gasteiger charge is 2.27. The van der Waals surface area contributed by atoms with Gasteiger partial charge in [0.15, 0.2) is 0 Å². The summed E-state index contributed by atoms with van der Waals surface area (Å²) in [7, 11) is 0.